The van der Waals surface area contributed by atoms with E-state index in [2.05, 4.69) is 95.4 Å². The average Bonchev–Trinajstić information content (AvgIpc) is 2.91. The molecule has 1 N–H and O–H groups in total. The van der Waals surface area contributed by atoms with Gasteiger partial charge < -0.3 is 5.32 Å². The van der Waals surface area contributed by atoms with E-state index in [4.69, 9.17) is 9.98 Å². The molecule has 1 heterocycles. The highest BCUT2D eigenvalue weighted by Crippen LogP contribution is 2.32. The molecular formula is C24H29N3. The molecule has 0 atom stereocenters. The average molecular weight is 360 g/mol. The van der Waals surface area contributed by atoms with Crippen LogP contribution in [-0.4, -0.2) is 22.6 Å². The van der Waals surface area contributed by atoms with Crippen molar-refractivity contribution < 1.29 is 0 Å². The lowest BCUT2D eigenvalue weighted by molar-refractivity contribution is 0.578. The van der Waals surface area contributed by atoms with Gasteiger partial charge >= 0.3 is 0 Å². The molecule has 140 valence electrons. The third-order valence-electron chi connectivity index (χ3n) is 3.97. The standard InChI is InChI=1S/C24H29N3/c1-23(2,3)26-21-19(17-13-9-7-10-14-17)20(18-15-11-8-12-16-18)25-22(21)27-24(4,5)6/h7-16H,1-6H3,(H,25,26,27). The van der Waals surface area contributed by atoms with Gasteiger partial charge in [0.2, 0.25) is 0 Å². The molecular weight excluding hydrogens is 330 g/mol. The van der Waals surface area contributed by atoms with Gasteiger partial charge in [-0.15, -0.1) is 0 Å². The van der Waals surface area contributed by atoms with E-state index in [0.717, 1.165) is 33.9 Å². The Labute approximate surface area is 163 Å². The van der Waals surface area contributed by atoms with Crippen LogP contribution in [0.2, 0.25) is 0 Å². The first kappa shape index (κ1) is 19.1. The molecule has 0 radical (unpaired) electrons. The van der Waals surface area contributed by atoms with E-state index in [1.54, 1.807) is 0 Å². The van der Waals surface area contributed by atoms with Crippen LogP contribution in [0.1, 0.15) is 52.7 Å². The molecule has 3 heteroatoms. The quantitative estimate of drug-likeness (QED) is 0.745. The van der Waals surface area contributed by atoms with Crippen molar-refractivity contribution in [1.82, 2.24) is 5.32 Å². The van der Waals surface area contributed by atoms with Crippen LogP contribution in [0.25, 0.3) is 11.3 Å². The summed E-state index contributed by atoms with van der Waals surface area (Å²) in [6.07, 6.45) is 0. The molecule has 1 aliphatic heterocycles. The van der Waals surface area contributed by atoms with Gasteiger partial charge in [0.05, 0.1) is 16.8 Å². The van der Waals surface area contributed by atoms with Gasteiger partial charge in [0.1, 0.15) is 5.71 Å². The summed E-state index contributed by atoms with van der Waals surface area (Å²) in [6.45, 7) is 12.7. The van der Waals surface area contributed by atoms with Gasteiger partial charge in [-0.3, -0.25) is 9.98 Å². The summed E-state index contributed by atoms with van der Waals surface area (Å²) in [6, 6.07) is 20.9. The Hall–Kier alpha value is -2.68. The number of hydrogen-bond donors (Lipinski definition) is 1. The Kier molecular flexibility index (Phi) is 5.05. The van der Waals surface area contributed by atoms with Crippen LogP contribution >= 0.6 is 0 Å². The lowest BCUT2D eigenvalue weighted by Gasteiger charge is -2.18. The van der Waals surface area contributed by atoms with Crippen LogP contribution < -0.4 is 5.32 Å². The summed E-state index contributed by atoms with van der Waals surface area (Å²) >= 11 is 0. The molecule has 2 aromatic carbocycles. The number of nitrogens with zero attached hydrogens (tertiary/aromatic N) is 2. The molecule has 0 aliphatic carbocycles. The molecule has 0 amide bonds. The van der Waals surface area contributed by atoms with E-state index in [9.17, 15) is 0 Å². The number of hydrogen-bond acceptors (Lipinski definition) is 2. The zero-order chi connectivity index (χ0) is 19.7. The van der Waals surface area contributed by atoms with Crippen molar-refractivity contribution in [1.29, 1.82) is 0 Å². The van der Waals surface area contributed by atoms with Crippen molar-refractivity contribution in [3.05, 3.63) is 71.8 Å². The van der Waals surface area contributed by atoms with Crippen molar-refractivity contribution in [3.8, 4) is 0 Å². The number of benzene rings is 2. The first-order valence-corrected chi connectivity index (χ1v) is 9.47. The van der Waals surface area contributed by atoms with Crippen molar-refractivity contribution in [3.63, 3.8) is 0 Å². The van der Waals surface area contributed by atoms with Gasteiger partial charge in [0.15, 0.2) is 5.84 Å². The van der Waals surface area contributed by atoms with Crippen LogP contribution in [0.4, 0.5) is 0 Å². The van der Waals surface area contributed by atoms with Crippen LogP contribution in [-0.2, 0) is 0 Å². The Bertz CT molecular complexity index is 890. The van der Waals surface area contributed by atoms with E-state index in [1.807, 2.05) is 12.1 Å². The van der Waals surface area contributed by atoms with Crippen LogP contribution in [0.5, 0.6) is 0 Å². The van der Waals surface area contributed by atoms with Crippen LogP contribution in [0.3, 0.4) is 0 Å². The molecule has 27 heavy (non-hydrogen) atoms. The minimum absolute atomic E-state index is 0.199. The Balaban J connectivity index is 2.29. The van der Waals surface area contributed by atoms with E-state index < -0.39 is 0 Å². The largest absolute Gasteiger partial charge is 0.338 e. The summed E-state index contributed by atoms with van der Waals surface area (Å²) in [5.74, 6) is 0.843. The molecule has 0 spiro atoms. The van der Waals surface area contributed by atoms with E-state index in [-0.39, 0.29) is 11.1 Å². The molecule has 3 nitrogen and oxygen atoms in total. The topological polar surface area (TPSA) is 36.8 Å². The summed E-state index contributed by atoms with van der Waals surface area (Å²) in [4.78, 5) is 10.0. The Morgan fingerprint density at radius 1 is 0.630 bits per heavy atom. The second kappa shape index (κ2) is 7.15. The SMILES string of the molecule is CC(C)(C)N=C1NC(c2ccccc2)=C(c2ccccc2)C1=NC(C)(C)C. The predicted molar refractivity (Wildman–Crippen MR) is 117 cm³/mol. The van der Waals surface area contributed by atoms with Gasteiger partial charge in [-0.2, -0.15) is 0 Å². The summed E-state index contributed by atoms with van der Waals surface area (Å²) < 4.78 is 0. The first-order chi connectivity index (χ1) is 12.6. The molecule has 3 rings (SSSR count). The fraction of sp³-hybridized carbons (Fsp3) is 0.333. The second-order valence-electron chi connectivity index (χ2n) is 8.87. The van der Waals surface area contributed by atoms with E-state index >= 15 is 0 Å². The van der Waals surface area contributed by atoms with E-state index in [0.29, 0.717) is 0 Å². The number of nitrogens with one attached hydrogen (secondary N) is 1. The molecule has 0 unspecified atom stereocenters. The number of amidine groups is 1. The van der Waals surface area contributed by atoms with Gasteiger partial charge in [0, 0.05) is 5.57 Å². The molecule has 0 fully saturated rings. The predicted octanol–water partition coefficient (Wildman–Crippen LogP) is 5.59. The zero-order valence-electron chi connectivity index (χ0n) is 17.2. The maximum atomic E-state index is 5.07. The molecule has 1 aliphatic rings. The smallest absolute Gasteiger partial charge is 0.152 e. The normalized spacial score (nSPS) is 18.3. The maximum Gasteiger partial charge on any atom is 0.152 e. The highest BCUT2D eigenvalue weighted by Gasteiger charge is 2.31. The fourth-order valence-electron chi connectivity index (χ4n) is 3.04. The highest BCUT2D eigenvalue weighted by atomic mass is 15.1. The summed E-state index contributed by atoms with van der Waals surface area (Å²) in [7, 11) is 0. The summed E-state index contributed by atoms with van der Waals surface area (Å²) in [5.41, 5.74) is 4.98. The fourth-order valence-corrected chi connectivity index (χ4v) is 3.04. The van der Waals surface area contributed by atoms with Crippen LogP contribution in [0, 0.1) is 0 Å². The molecule has 0 saturated heterocycles. The van der Waals surface area contributed by atoms with Gasteiger partial charge in [-0.1, -0.05) is 60.7 Å². The van der Waals surface area contributed by atoms with Crippen molar-refractivity contribution in [2.24, 2.45) is 9.98 Å². The third kappa shape index (κ3) is 4.73. The second-order valence-corrected chi connectivity index (χ2v) is 8.87. The van der Waals surface area contributed by atoms with Crippen molar-refractivity contribution in [2.75, 3.05) is 0 Å². The number of rotatable bonds is 2. The van der Waals surface area contributed by atoms with Gasteiger partial charge in [0.25, 0.3) is 0 Å². The monoisotopic (exact) mass is 359 g/mol. The summed E-state index contributed by atoms with van der Waals surface area (Å²) in [5, 5.41) is 3.58. The third-order valence-corrected chi connectivity index (χ3v) is 3.97. The minimum Gasteiger partial charge on any atom is -0.338 e. The van der Waals surface area contributed by atoms with Crippen molar-refractivity contribution in [2.45, 2.75) is 52.6 Å². The molecule has 2 aromatic rings. The number of aliphatic imine (C=N–C) groups is 2. The lowest BCUT2D eigenvalue weighted by Crippen LogP contribution is -2.29. The Morgan fingerprint density at radius 3 is 1.59 bits per heavy atom. The zero-order valence-corrected chi connectivity index (χ0v) is 17.2. The van der Waals surface area contributed by atoms with Crippen LogP contribution in [0.15, 0.2) is 70.6 Å². The van der Waals surface area contributed by atoms with Gasteiger partial charge in [-0.05, 0) is 52.7 Å². The molecule has 0 bridgehead atoms. The maximum absolute atomic E-state index is 5.07. The lowest BCUT2D eigenvalue weighted by atomic mass is 9.97. The molecule has 0 saturated carbocycles. The first-order valence-electron chi connectivity index (χ1n) is 9.47. The minimum atomic E-state index is -0.207. The Morgan fingerprint density at radius 2 is 1.11 bits per heavy atom. The van der Waals surface area contributed by atoms with Crippen molar-refractivity contribution >= 4 is 22.8 Å². The molecule has 0 aromatic heterocycles. The van der Waals surface area contributed by atoms with Gasteiger partial charge in [-0.25, -0.2) is 0 Å². The van der Waals surface area contributed by atoms with E-state index in [1.165, 1.54) is 0 Å². The highest BCUT2D eigenvalue weighted by molar-refractivity contribution is 6.64.